The molecule has 1 aromatic carbocycles. The zero-order valence-corrected chi connectivity index (χ0v) is 27.4. The summed E-state index contributed by atoms with van der Waals surface area (Å²) in [5.74, 6) is 1.57. The highest BCUT2D eigenvalue weighted by Gasteiger charge is 2.28. The average molecular weight is 680 g/mol. The molecule has 3 aliphatic rings. The van der Waals surface area contributed by atoms with Gasteiger partial charge in [0.1, 0.15) is 0 Å². The van der Waals surface area contributed by atoms with Crippen LogP contribution in [0.1, 0.15) is 98.9 Å². The van der Waals surface area contributed by atoms with Crippen LogP contribution in [0.5, 0.6) is 0 Å². The Labute approximate surface area is 268 Å². The molecule has 2 unspecified atom stereocenters. The molecule has 2 fully saturated rings. The lowest BCUT2D eigenvalue weighted by molar-refractivity contribution is -0.132. The maximum atomic E-state index is 12.7. The third kappa shape index (κ3) is 8.41. The first kappa shape index (κ1) is 31.6. The minimum Gasteiger partial charge on any atom is -0.449 e. The molecule has 5 rings (SSSR count). The summed E-state index contributed by atoms with van der Waals surface area (Å²) in [7, 11) is 0. The zero-order chi connectivity index (χ0) is 29.5. The number of hydrogen-bond acceptors (Lipinski definition) is 4. The highest BCUT2D eigenvalue weighted by Crippen LogP contribution is 2.42. The SMILES string of the molecule is O=C1NCC(CCCCC(=O)N2CCC(CCCCCC3c4ncc(Br)cc4CCc4cc(Cl)cc(Cl)c43)CC2)CO1. The number of alkyl carbamates (subject to hydrolysis) is 1. The Balaban J connectivity index is 1.02. The molecular formula is C33H42BrCl2N3O3. The van der Waals surface area contributed by atoms with Gasteiger partial charge in [-0.15, -0.1) is 0 Å². The summed E-state index contributed by atoms with van der Waals surface area (Å²) in [6, 6.07) is 6.18. The second-order valence-corrected chi connectivity index (χ2v) is 14.0. The summed E-state index contributed by atoms with van der Waals surface area (Å²) in [5.41, 5.74) is 4.92. The van der Waals surface area contributed by atoms with Crippen LogP contribution in [0, 0.1) is 11.8 Å². The quantitative estimate of drug-likeness (QED) is 0.242. The van der Waals surface area contributed by atoms with Gasteiger partial charge in [-0.05, 0) is 102 Å². The van der Waals surface area contributed by atoms with E-state index in [9.17, 15) is 9.59 Å². The van der Waals surface area contributed by atoms with Gasteiger partial charge in [0.15, 0.2) is 0 Å². The number of ether oxygens (including phenoxy) is 1. The van der Waals surface area contributed by atoms with Gasteiger partial charge in [-0.3, -0.25) is 9.78 Å². The van der Waals surface area contributed by atoms with Crippen LogP contribution in [0.2, 0.25) is 10.0 Å². The van der Waals surface area contributed by atoms with E-state index in [0.29, 0.717) is 42.3 Å². The Morgan fingerprint density at radius 2 is 1.71 bits per heavy atom. The van der Waals surface area contributed by atoms with Crippen LogP contribution in [0.4, 0.5) is 4.79 Å². The molecule has 0 spiro atoms. The molecule has 42 heavy (non-hydrogen) atoms. The second-order valence-electron chi connectivity index (χ2n) is 12.3. The van der Waals surface area contributed by atoms with E-state index in [1.165, 1.54) is 36.0 Å². The number of aromatic nitrogens is 1. The van der Waals surface area contributed by atoms with Gasteiger partial charge < -0.3 is 15.0 Å². The summed E-state index contributed by atoms with van der Waals surface area (Å²) < 4.78 is 6.07. The molecule has 1 aliphatic carbocycles. The number of pyridine rings is 1. The maximum Gasteiger partial charge on any atom is 0.407 e. The van der Waals surface area contributed by atoms with Gasteiger partial charge >= 0.3 is 6.09 Å². The van der Waals surface area contributed by atoms with Crippen molar-refractivity contribution < 1.29 is 14.3 Å². The normalized spacial score (nSPS) is 20.7. The monoisotopic (exact) mass is 677 g/mol. The van der Waals surface area contributed by atoms with Crippen molar-refractivity contribution in [3.8, 4) is 0 Å². The summed E-state index contributed by atoms with van der Waals surface area (Å²) in [6.07, 6.45) is 15.0. The molecule has 3 heterocycles. The molecule has 228 valence electrons. The number of halogens is 3. The van der Waals surface area contributed by atoms with Gasteiger partial charge in [0.25, 0.3) is 0 Å². The molecule has 2 amide bonds. The topological polar surface area (TPSA) is 71.5 Å². The van der Waals surface area contributed by atoms with E-state index >= 15 is 0 Å². The van der Waals surface area contributed by atoms with Gasteiger partial charge in [-0.1, -0.05) is 55.3 Å². The van der Waals surface area contributed by atoms with Gasteiger partial charge in [0, 0.05) is 58.6 Å². The number of benzene rings is 1. The standard InChI is InChI=1S/C33H42BrCl2N3O3/c34-26-16-25-11-10-24-17-27(35)18-29(36)31(24)28(32(25)37-20-26)8-3-1-2-6-22-12-14-39(15-13-22)30(40)9-5-4-7-23-19-38-33(41)42-21-23/h16-18,20,22-23,28H,1-15,19,21H2,(H,38,41). The molecule has 1 N–H and O–H groups in total. The fraction of sp³-hybridized carbons (Fsp3) is 0.606. The van der Waals surface area contributed by atoms with Gasteiger partial charge in [0.05, 0.1) is 12.3 Å². The van der Waals surface area contributed by atoms with Crippen molar-refractivity contribution in [2.75, 3.05) is 26.2 Å². The number of amides is 2. The van der Waals surface area contributed by atoms with Gasteiger partial charge in [-0.25, -0.2) is 4.79 Å². The summed E-state index contributed by atoms with van der Waals surface area (Å²) >= 11 is 16.8. The molecule has 0 saturated carbocycles. The number of carbonyl (C=O) groups is 2. The Morgan fingerprint density at radius 3 is 2.50 bits per heavy atom. The predicted octanol–water partition coefficient (Wildman–Crippen LogP) is 8.49. The summed E-state index contributed by atoms with van der Waals surface area (Å²) in [6.45, 7) is 2.96. The third-order valence-corrected chi connectivity index (χ3v) is 10.3. The van der Waals surface area contributed by atoms with Crippen molar-refractivity contribution in [3.63, 3.8) is 0 Å². The number of piperidine rings is 1. The van der Waals surface area contributed by atoms with Gasteiger partial charge in [0.2, 0.25) is 5.91 Å². The van der Waals surface area contributed by atoms with Crippen LogP contribution < -0.4 is 5.32 Å². The number of unbranched alkanes of at least 4 members (excludes halogenated alkanes) is 3. The molecule has 2 aromatic rings. The van der Waals surface area contributed by atoms with Crippen LogP contribution in [-0.2, 0) is 22.4 Å². The van der Waals surface area contributed by atoms with Crippen molar-refractivity contribution in [2.24, 2.45) is 11.8 Å². The maximum absolute atomic E-state index is 12.7. The third-order valence-electron chi connectivity index (χ3n) is 9.30. The van der Waals surface area contributed by atoms with E-state index in [1.54, 1.807) is 0 Å². The van der Waals surface area contributed by atoms with Crippen molar-refractivity contribution >= 4 is 51.1 Å². The minimum atomic E-state index is -0.320. The van der Waals surface area contributed by atoms with Crippen molar-refractivity contribution in [1.29, 1.82) is 0 Å². The lowest BCUT2D eigenvalue weighted by Crippen LogP contribution is -2.39. The van der Waals surface area contributed by atoms with E-state index in [4.69, 9.17) is 32.9 Å². The van der Waals surface area contributed by atoms with Gasteiger partial charge in [-0.2, -0.15) is 0 Å². The molecular weight excluding hydrogens is 637 g/mol. The highest BCUT2D eigenvalue weighted by atomic mass is 79.9. The Kier molecular flexibility index (Phi) is 11.5. The molecule has 9 heteroatoms. The molecule has 2 saturated heterocycles. The molecule has 1 aromatic heterocycles. The Bertz CT molecular complexity index is 1240. The van der Waals surface area contributed by atoms with E-state index in [0.717, 1.165) is 86.1 Å². The Hall–Kier alpha value is -1.83. The number of carbonyl (C=O) groups excluding carboxylic acids is 2. The van der Waals surface area contributed by atoms with E-state index in [1.807, 2.05) is 12.3 Å². The molecule has 2 atom stereocenters. The predicted molar refractivity (Wildman–Crippen MR) is 171 cm³/mol. The van der Waals surface area contributed by atoms with Crippen molar-refractivity contribution in [3.05, 3.63) is 61.3 Å². The summed E-state index contributed by atoms with van der Waals surface area (Å²) in [4.78, 5) is 30.8. The smallest absolute Gasteiger partial charge is 0.407 e. The number of rotatable bonds is 11. The number of likely N-dealkylation sites (tertiary alicyclic amines) is 1. The summed E-state index contributed by atoms with van der Waals surface area (Å²) in [5, 5.41) is 4.20. The fourth-order valence-corrected chi connectivity index (χ4v) is 7.99. The highest BCUT2D eigenvalue weighted by molar-refractivity contribution is 9.10. The number of nitrogens with one attached hydrogen (secondary N) is 1. The van der Waals surface area contributed by atoms with Crippen LogP contribution in [-0.4, -0.2) is 48.1 Å². The van der Waals surface area contributed by atoms with Crippen molar-refractivity contribution in [1.82, 2.24) is 15.2 Å². The van der Waals surface area contributed by atoms with E-state index in [-0.39, 0.29) is 12.0 Å². The first-order valence-electron chi connectivity index (χ1n) is 15.7. The number of fused-ring (bicyclic) bond motifs is 2. The van der Waals surface area contributed by atoms with Crippen LogP contribution in [0.15, 0.2) is 28.9 Å². The number of hydrogen-bond donors (Lipinski definition) is 1. The first-order valence-corrected chi connectivity index (χ1v) is 17.2. The van der Waals surface area contributed by atoms with E-state index < -0.39 is 0 Å². The molecule has 2 aliphatic heterocycles. The van der Waals surface area contributed by atoms with Crippen LogP contribution in [0.25, 0.3) is 0 Å². The van der Waals surface area contributed by atoms with Crippen molar-refractivity contribution in [2.45, 2.75) is 89.4 Å². The first-order chi connectivity index (χ1) is 20.4. The van der Waals surface area contributed by atoms with Crippen LogP contribution in [0.3, 0.4) is 0 Å². The lowest BCUT2D eigenvalue weighted by Gasteiger charge is -2.32. The number of cyclic esters (lactones) is 1. The Morgan fingerprint density at radius 1 is 0.976 bits per heavy atom. The average Bonchev–Trinajstić information content (AvgIpc) is 3.12. The fourth-order valence-electron chi connectivity index (χ4n) is 6.94. The number of nitrogens with zero attached hydrogens (tertiary/aromatic N) is 2. The van der Waals surface area contributed by atoms with Crippen LogP contribution >= 0.6 is 39.1 Å². The lowest BCUT2D eigenvalue weighted by atomic mass is 9.86. The zero-order valence-electron chi connectivity index (χ0n) is 24.3. The second kappa shape index (κ2) is 15.3. The molecule has 6 nitrogen and oxygen atoms in total. The molecule has 0 bridgehead atoms. The largest absolute Gasteiger partial charge is 0.449 e. The number of aryl methyl sites for hydroxylation is 2. The van der Waals surface area contributed by atoms with E-state index in [2.05, 4.69) is 38.3 Å². The minimum absolute atomic E-state index is 0.196. The molecule has 0 radical (unpaired) electrons.